The molecule has 1 aliphatic carbocycles. The molecular weight excluding hydrogens is 222 g/mol. The van der Waals surface area contributed by atoms with E-state index in [0.717, 1.165) is 18.6 Å². The quantitative estimate of drug-likeness (QED) is 0.743. The molecule has 1 spiro atoms. The number of hydrogen-bond donors (Lipinski definition) is 2. The highest BCUT2D eigenvalue weighted by Crippen LogP contribution is 2.45. The van der Waals surface area contributed by atoms with Crippen molar-refractivity contribution < 1.29 is 9.90 Å². The Kier molecular flexibility index (Phi) is 3.23. The van der Waals surface area contributed by atoms with Crippen LogP contribution in [0.5, 0.6) is 0 Å². The molecule has 92 valence electrons. The number of carboxylic acids is 1. The van der Waals surface area contributed by atoms with Gasteiger partial charge in [-0.2, -0.15) is 0 Å². The number of aliphatic carboxylic acids is 1. The molecule has 2 aliphatic rings. The average molecular weight is 243 g/mol. The van der Waals surface area contributed by atoms with Crippen molar-refractivity contribution in [3.8, 4) is 0 Å². The molecule has 0 aromatic heterocycles. The van der Waals surface area contributed by atoms with Gasteiger partial charge in [0.25, 0.3) is 0 Å². The van der Waals surface area contributed by atoms with Crippen molar-refractivity contribution in [3.63, 3.8) is 0 Å². The molecule has 2 atom stereocenters. The minimum absolute atomic E-state index is 0.0524. The zero-order valence-electron chi connectivity index (χ0n) is 10.1. The van der Waals surface area contributed by atoms with Gasteiger partial charge in [0.1, 0.15) is 6.04 Å². The first-order valence-corrected chi connectivity index (χ1v) is 7.06. The van der Waals surface area contributed by atoms with Gasteiger partial charge in [-0.05, 0) is 31.1 Å². The van der Waals surface area contributed by atoms with E-state index in [2.05, 4.69) is 19.2 Å². The smallest absolute Gasteiger partial charge is 0.321 e. The number of hydrogen-bond acceptors (Lipinski definition) is 3. The maximum atomic E-state index is 11.0. The van der Waals surface area contributed by atoms with Crippen LogP contribution in [0.25, 0.3) is 0 Å². The lowest BCUT2D eigenvalue weighted by atomic mass is 9.85. The predicted molar refractivity (Wildman–Crippen MR) is 66.6 cm³/mol. The molecule has 1 aliphatic heterocycles. The fourth-order valence-electron chi connectivity index (χ4n) is 2.71. The minimum atomic E-state index is -0.701. The average Bonchev–Trinajstić information content (AvgIpc) is 2.53. The molecule has 0 aromatic rings. The maximum Gasteiger partial charge on any atom is 0.321 e. The van der Waals surface area contributed by atoms with E-state index in [1.807, 2.05) is 11.8 Å². The first-order chi connectivity index (χ1) is 7.43. The van der Waals surface area contributed by atoms with E-state index in [9.17, 15) is 4.79 Å². The molecule has 1 heterocycles. The number of thioether (sulfide) groups is 1. The Hall–Kier alpha value is -0.220. The Morgan fingerprint density at radius 2 is 2.06 bits per heavy atom. The van der Waals surface area contributed by atoms with Crippen molar-refractivity contribution in [2.45, 2.75) is 56.9 Å². The van der Waals surface area contributed by atoms with Gasteiger partial charge in [-0.3, -0.25) is 10.1 Å². The Morgan fingerprint density at radius 1 is 1.31 bits per heavy atom. The summed E-state index contributed by atoms with van der Waals surface area (Å²) in [4.78, 5) is 11.0. The molecule has 1 saturated heterocycles. The van der Waals surface area contributed by atoms with Gasteiger partial charge in [-0.25, -0.2) is 0 Å². The van der Waals surface area contributed by atoms with E-state index in [4.69, 9.17) is 5.11 Å². The SMILES string of the molecule is CC1(C)CCCC2(CC1)N[C@H](C(=O)O)CS2. The summed E-state index contributed by atoms with van der Waals surface area (Å²) in [5.41, 5.74) is 0.424. The van der Waals surface area contributed by atoms with Gasteiger partial charge < -0.3 is 5.11 Å². The Balaban J connectivity index is 2.02. The van der Waals surface area contributed by atoms with Crippen LogP contribution in [0.15, 0.2) is 0 Å². The second-order valence-electron chi connectivity index (χ2n) is 5.86. The highest BCUT2D eigenvalue weighted by Gasteiger charge is 2.43. The largest absolute Gasteiger partial charge is 0.480 e. The van der Waals surface area contributed by atoms with E-state index in [1.165, 1.54) is 19.3 Å². The van der Waals surface area contributed by atoms with E-state index in [-0.39, 0.29) is 10.9 Å². The Morgan fingerprint density at radius 3 is 2.69 bits per heavy atom. The summed E-state index contributed by atoms with van der Waals surface area (Å²) in [5, 5.41) is 12.4. The lowest BCUT2D eigenvalue weighted by Gasteiger charge is -2.28. The summed E-state index contributed by atoms with van der Waals surface area (Å²) < 4.78 is 0. The van der Waals surface area contributed by atoms with Gasteiger partial charge in [-0.15, -0.1) is 11.8 Å². The van der Waals surface area contributed by atoms with Crippen LogP contribution in [-0.2, 0) is 4.79 Å². The molecule has 2 fully saturated rings. The second kappa shape index (κ2) is 4.22. The van der Waals surface area contributed by atoms with Gasteiger partial charge in [0.15, 0.2) is 0 Å². The highest BCUT2D eigenvalue weighted by molar-refractivity contribution is 8.00. The number of rotatable bonds is 1. The van der Waals surface area contributed by atoms with Crippen molar-refractivity contribution in [3.05, 3.63) is 0 Å². The van der Waals surface area contributed by atoms with Crippen LogP contribution < -0.4 is 5.32 Å². The van der Waals surface area contributed by atoms with Crippen LogP contribution in [0.4, 0.5) is 0 Å². The van der Waals surface area contributed by atoms with Crippen LogP contribution >= 0.6 is 11.8 Å². The molecule has 2 N–H and O–H groups in total. The fraction of sp³-hybridized carbons (Fsp3) is 0.917. The monoisotopic (exact) mass is 243 g/mol. The second-order valence-corrected chi connectivity index (χ2v) is 7.26. The van der Waals surface area contributed by atoms with Gasteiger partial charge >= 0.3 is 5.97 Å². The molecule has 0 radical (unpaired) electrons. The summed E-state index contributed by atoms with van der Waals surface area (Å²) in [6, 6.07) is -0.341. The van der Waals surface area contributed by atoms with E-state index >= 15 is 0 Å². The lowest BCUT2D eigenvalue weighted by molar-refractivity contribution is -0.138. The van der Waals surface area contributed by atoms with E-state index in [1.54, 1.807) is 0 Å². The molecule has 3 nitrogen and oxygen atoms in total. The van der Waals surface area contributed by atoms with E-state index in [0.29, 0.717) is 5.41 Å². The number of nitrogens with one attached hydrogen (secondary N) is 1. The van der Waals surface area contributed by atoms with Gasteiger partial charge in [-0.1, -0.05) is 20.3 Å². The zero-order chi connectivity index (χ0) is 11.8. The molecule has 0 amide bonds. The zero-order valence-corrected chi connectivity index (χ0v) is 10.9. The van der Waals surface area contributed by atoms with Crippen molar-refractivity contribution >= 4 is 17.7 Å². The molecular formula is C12H21NO2S. The van der Waals surface area contributed by atoms with Crippen LogP contribution in [-0.4, -0.2) is 27.7 Å². The Bertz CT molecular complexity index is 293. The molecule has 4 heteroatoms. The van der Waals surface area contributed by atoms with E-state index < -0.39 is 5.97 Å². The topological polar surface area (TPSA) is 49.3 Å². The van der Waals surface area contributed by atoms with Crippen LogP contribution in [0, 0.1) is 5.41 Å². The third-order valence-electron chi connectivity index (χ3n) is 3.90. The molecule has 2 rings (SSSR count). The van der Waals surface area contributed by atoms with Crippen molar-refractivity contribution in [2.75, 3.05) is 5.75 Å². The first kappa shape index (κ1) is 12.2. The summed E-state index contributed by atoms with van der Waals surface area (Å²) in [7, 11) is 0. The molecule has 16 heavy (non-hydrogen) atoms. The summed E-state index contributed by atoms with van der Waals surface area (Å²) in [5.74, 6) is 0.0170. The standard InChI is InChI=1S/C12H21NO2S/c1-11(2)4-3-5-12(7-6-11)13-9(8-16-12)10(14)15/h9,13H,3-8H2,1-2H3,(H,14,15)/t9-,12?/m0/s1. The summed E-state index contributed by atoms with van der Waals surface area (Å²) >= 11 is 1.82. The maximum absolute atomic E-state index is 11.0. The van der Waals surface area contributed by atoms with Crippen molar-refractivity contribution in [2.24, 2.45) is 5.41 Å². The lowest BCUT2D eigenvalue weighted by Crippen LogP contribution is -2.44. The molecule has 1 unspecified atom stereocenters. The van der Waals surface area contributed by atoms with Crippen LogP contribution in [0.3, 0.4) is 0 Å². The Labute approximate surface area is 101 Å². The van der Waals surface area contributed by atoms with Gasteiger partial charge in [0, 0.05) is 5.75 Å². The van der Waals surface area contributed by atoms with Gasteiger partial charge in [0.2, 0.25) is 0 Å². The predicted octanol–water partition coefficient (Wildman–Crippen LogP) is 2.46. The fourth-order valence-corrected chi connectivity index (χ4v) is 4.18. The molecule has 0 bridgehead atoms. The molecule has 0 aromatic carbocycles. The van der Waals surface area contributed by atoms with Crippen LogP contribution in [0.1, 0.15) is 46.0 Å². The minimum Gasteiger partial charge on any atom is -0.480 e. The normalized spacial score (nSPS) is 38.5. The third kappa shape index (κ3) is 2.54. The number of carboxylic acid groups (broad SMARTS) is 1. The third-order valence-corrected chi connectivity index (χ3v) is 5.48. The van der Waals surface area contributed by atoms with Gasteiger partial charge in [0.05, 0.1) is 4.87 Å². The van der Waals surface area contributed by atoms with Crippen LogP contribution in [0.2, 0.25) is 0 Å². The van der Waals surface area contributed by atoms with Crippen molar-refractivity contribution in [1.82, 2.24) is 5.32 Å². The highest BCUT2D eigenvalue weighted by atomic mass is 32.2. The number of carbonyl (C=O) groups is 1. The summed E-state index contributed by atoms with van der Waals surface area (Å²) in [6.07, 6.45) is 5.88. The first-order valence-electron chi connectivity index (χ1n) is 6.07. The summed E-state index contributed by atoms with van der Waals surface area (Å²) in [6.45, 7) is 4.64. The molecule has 1 saturated carbocycles. The van der Waals surface area contributed by atoms with Crippen molar-refractivity contribution in [1.29, 1.82) is 0 Å².